The average molecular weight is 193 g/mol. The maximum atomic E-state index is 13.2. The molecule has 1 atom stereocenters. The van der Waals surface area contributed by atoms with Gasteiger partial charge in [-0.25, -0.2) is 4.39 Å². The molecule has 1 heterocycles. The largest absolute Gasteiger partial charge is 0.271 e. The Morgan fingerprint density at radius 2 is 2.50 bits per heavy atom. The van der Waals surface area contributed by atoms with Gasteiger partial charge in [0.2, 0.25) is 0 Å². The Morgan fingerprint density at radius 3 is 3.07 bits per heavy atom. The van der Waals surface area contributed by atoms with Crippen molar-refractivity contribution in [1.82, 2.24) is 10.4 Å². The number of nitrogens with one attached hydrogen (secondary N) is 1. The van der Waals surface area contributed by atoms with Gasteiger partial charge in [0.05, 0.1) is 11.7 Å². The Bertz CT molecular complexity index is 354. The summed E-state index contributed by atoms with van der Waals surface area (Å²) in [5.74, 6) is 10.5. The number of nitrogens with two attached hydrogens (primary N) is 1. The third-order valence-corrected chi connectivity index (χ3v) is 1.80. The molecule has 0 saturated heterocycles. The van der Waals surface area contributed by atoms with E-state index in [0.29, 0.717) is 12.1 Å². The van der Waals surface area contributed by atoms with Gasteiger partial charge in [-0.05, 0) is 19.1 Å². The minimum atomic E-state index is -0.367. The second-order valence-electron chi connectivity index (χ2n) is 2.72. The number of aromatic nitrogens is 1. The number of hydrogen-bond acceptors (Lipinski definition) is 3. The predicted molar refractivity (Wildman–Crippen MR) is 52.3 cm³/mol. The third kappa shape index (κ3) is 2.52. The first-order valence-corrected chi connectivity index (χ1v) is 4.25. The van der Waals surface area contributed by atoms with Crippen molar-refractivity contribution in [2.75, 3.05) is 0 Å². The van der Waals surface area contributed by atoms with Gasteiger partial charge in [0.1, 0.15) is 5.82 Å². The Hall–Kier alpha value is -1.44. The molecule has 0 aliphatic carbocycles. The molecule has 1 aromatic heterocycles. The quantitative estimate of drug-likeness (QED) is 0.430. The van der Waals surface area contributed by atoms with Crippen LogP contribution in [0.2, 0.25) is 0 Å². The molecule has 0 saturated carbocycles. The summed E-state index contributed by atoms with van der Waals surface area (Å²) in [6.07, 6.45) is 1.98. The van der Waals surface area contributed by atoms with E-state index in [1.165, 1.54) is 18.3 Å². The van der Waals surface area contributed by atoms with E-state index < -0.39 is 0 Å². The molecular formula is C10H12FN3. The zero-order chi connectivity index (χ0) is 10.4. The number of hydrazine groups is 1. The molecule has 0 fully saturated rings. The van der Waals surface area contributed by atoms with E-state index in [-0.39, 0.29) is 11.9 Å². The van der Waals surface area contributed by atoms with E-state index in [1.54, 1.807) is 6.92 Å². The Morgan fingerprint density at radius 1 is 1.71 bits per heavy atom. The highest BCUT2D eigenvalue weighted by Gasteiger charge is 2.13. The topological polar surface area (TPSA) is 50.9 Å². The molecule has 0 aliphatic heterocycles. The zero-order valence-corrected chi connectivity index (χ0v) is 7.92. The maximum Gasteiger partial charge on any atom is 0.146 e. The van der Waals surface area contributed by atoms with Crippen molar-refractivity contribution in [3.05, 3.63) is 29.8 Å². The highest BCUT2D eigenvalue weighted by atomic mass is 19.1. The molecule has 1 rings (SSSR count). The van der Waals surface area contributed by atoms with Crippen molar-refractivity contribution in [3.63, 3.8) is 0 Å². The smallest absolute Gasteiger partial charge is 0.146 e. The first-order valence-electron chi connectivity index (χ1n) is 4.25. The number of halogens is 1. The number of rotatable bonds is 3. The van der Waals surface area contributed by atoms with Crippen molar-refractivity contribution in [3.8, 4) is 11.8 Å². The second kappa shape index (κ2) is 5.32. The fourth-order valence-corrected chi connectivity index (χ4v) is 1.09. The van der Waals surface area contributed by atoms with Gasteiger partial charge < -0.3 is 0 Å². The molecule has 0 aromatic carbocycles. The minimum Gasteiger partial charge on any atom is -0.271 e. The van der Waals surface area contributed by atoms with Crippen LogP contribution in [0, 0.1) is 17.7 Å². The van der Waals surface area contributed by atoms with Gasteiger partial charge in [0.25, 0.3) is 0 Å². The Labute approximate surface area is 82.5 Å². The molecule has 0 aliphatic rings. The van der Waals surface area contributed by atoms with Crippen LogP contribution in [0.5, 0.6) is 0 Å². The van der Waals surface area contributed by atoms with Crippen molar-refractivity contribution >= 4 is 0 Å². The van der Waals surface area contributed by atoms with Gasteiger partial charge in [-0.15, -0.1) is 11.8 Å². The fraction of sp³-hybridized carbons (Fsp3) is 0.300. The van der Waals surface area contributed by atoms with E-state index >= 15 is 0 Å². The summed E-state index contributed by atoms with van der Waals surface area (Å²) in [6.45, 7) is 1.72. The van der Waals surface area contributed by atoms with Crippen LogP contribution in [0.1, 0.15) is 25.1 Å². The molecule has 0 amide bonds. The van der Waals surface area contributed by atoms with Crippen molar-refractivity contribution in [1.29, 1.82) is 0 Å². The summed E-state index contributed by atoms with van der Waals surface area (Å²) in [5.41, 5.74) is 2.79. The molecule has 0 spiro atoms. The van der Waals surface area contributed by atoms with E-state index in [2.05, 4.69) is 22.3 Å². The maximum absolute atomic E-state index is 13.2. The van der Waals surface area contributed by atoms with E-state index in [0.717, 1.165) is 0 Å². The van der Waals surface area contributed by atoms with Crippen LogP contribution in [-0.4, -0.2) is 4.98 Å². The molecule has 1 aromatic rings. The van der Waals surface area contributed by atoms with E-state index in [1.807, 2.05) is 0 Å². The highest BCUT2D eigenvalue weighted by Crippen LogP contribution is 2.15. The lowest BCUT2D eigenvalue weighted by Gasteiger charge is -2.12. The molecule has 1 unspecified atom stereocenters. The van der Waals surface area contributed by atoms with E-state index in [4.69, 9.17) is 5.84 Å². The lowest BCUT2D eigenvalue weighted by atomic mass is 10.1. The molecular weight excluding hydrogens is 181 g/mol. The summed E-state index contributed by atoms with van der Waals surface area (Å²) < 4.78 is 13.2. The van der Waals surface area contributed by atoms with Crippen LogP contribution in [0.4, 0.5) is 4.39 Å². The monoisotopic (exact) mass is 193 g/mol. The fourth-order valence-electron chi connectivity index (χ4n) is 1.09. The summed E-state index contributed by atoms with van der Waals surface area (Å²) in [7, 11) is 0. The summed E-state index contributed by atoms with van der Waals surface area (Å²) in [4.78, 5) is 3.92. The normalized spacial score (nSPS) is 11.6. The molecule has 74 valence electrons. The second-order valence-corrected chi connectivity index (χ2v) is 2.72. The minimum absolute atomic E-state index is 0.303. The standard InChI is InChI=1S/C10H12FN3/c1-2-3-6-9(14-12)10-8(11)5-4-7-13-10/h4-5,7,9,14H,6,12H2,1H3. The molecule has 4 heteroatoms. The zero-order valence-electron chi connectivity index (χ0n) is 7.92. The van der Waals surface area contributed by atoms with Crippen LogP contribution < -0.4 is 11.3 Å². The highest BCUT2D eigenvalue weighted by molar-refractivity contribution is 5.14. The molecule has 3 N–H and O–H groups in total. The first kappa shape index (κ1) is 10.6. The lowest BCUT2D eigenvalue weighted by Crippen LogP contribution is -2.29. The number of hydrogen-bond donors (Lipinski definition) is 2. The van der Waals surface area contributed by atoms with Gasteiger partial charge in [0, 0.05) is 12.6 Å². The summed E-state index contributed by atoms with van der Waals surface area (Å²) in [6, 6.07) is 2.54. The van der Waals surface area contributed by atoms with Crippen molar-refractivity contribution < 1.29 is 4.39 Å². The first-order chi connectivity index (χ1) is 6.79. The summed E-state index contributed by atoms with van der Waals surface area (Å²) >= 11 is 0. The number of pyridine rings is 1. The Balaban J connectivity index is 2.87. The molecule has 0 bridgehead atoms. The van der Waals surface area contributed by atoms with Gasteiger partial charge in [0.15, 0.2) is 0 Å². The van der Waals surface area contributed by atoms with Gasteiger partial charge >= 0.3 is 0 Å². The SMILES string of the molecule is CC#CCC(NN)c1ncccc1F. The van der Waals surface area contributed by atoms with Gasteiger partial charge in [-0.3, -0.25) is 16.3 Å². The van der Waals surface area contributed by atoms with Crippen LogP contribution >= 0.6 is 0 Å². The molecule has 14 heavy (non-hydrogen) atoms. The van der Waals surface area contributed by atoms with Gasteiger partial charge in [-0.2, -0.15) is 0 Å². The molecule has 3 nitrogen and oxygen atoms in total. The lowest BCUT2D eigenvalue weighted by molar-refractivity contribution is 0.504. The number of nitrogens with zero attached hydrogens (tertiary/aromatic N) is 1. The van der Waals surface area contributed by atoms with E-state index in [9.17, 15) is 4.39 Å². The Kier molecular flexibility index (Phi) is 4.05. The average Bonchev–Trinajstić information content (AvgIpc) is 2.21. The predicted octanol–water partition coefficient (Wildman–Crippen LogP) is 1.14. The van der Waals surface area contributed by atoms with Crippen molar-refractivity contribution in [2.24, 2.45) is 5.84 Å². The third-order valence-electron chi connectivity index (χ3n) is 1.80. The van der Waals surface area contributed by atoms with Crippen LogP contribution in [0.3, 0.4) is 0 Å². The molecule has 0 radical (unpaired) electrons. The van der Waals surface area contributed by atoms with Crippen molar-refractivity contribution in [2.45, 2.75) is 19.4 Å². The van der Waals surface area contributed by atoms with Crippen LogP contribution in [0.15, 0.2) is 18.3 Å². The van der Waals surface area contributed by atoms with Crippen LogP contribution in [-0.2, 0) is 0 Å². The summed E-state index contributed by atoms with van der Waals surface area (Å²) in [5, 5.41) is 0. The van der Waals surface area contributed by atoms with Crippen LogP contribution in [0.25, 0.3) is 0 Å². The van der Waals surface area contributed by atoms with Gasteiger partial charge in [-0.1, -0.05) is 0 Å².